The van der Waals surface area contributed by atoms with Crippen molar-refractivity contribution in [3.8, 4) is 5.75 Å². The number of alkyl carbamates (subject to hydrolysis) is 1. The van der Waals surface area contributed by atoms with Crippen LogP contribution in [0.25, 0.3) is 0 Å². The summed E-state index contributed by atoms with van der Waals surface area (Å²) in [4.78, 5) is 23.1. The predicted molar refractivity (Wildman–Crippen MR) is 79.3 cm³/mol. The number of ether oxygens (including phenoxy) is 1. The number of nitrogens with one attached hydrogen (secondary N) is 2. The highest BCUT2D eigenvalue weighted by atomic mass is 16.6. The molecule has 1 rings (SSSR count). The number of carbonyl (C=O) groups excluding carboxylic acids is 2. The molecule has 6 heteroatoms. The Morgan fingerprint density at radius 2 is 1.67 bits per heavy atom. The Labute approximate surface area is 124 Å². The highest BCUT2D eigenvalue weighted by molar-refractivity contribution is 5.94. The van der Waals surface area contributed by atoms with E-state index in [0.717, 1.165) is 0 Å². The summed E-state index contributed by atoms with van der Waals surface area (Å²) in [5.74, 6) is -0.0969. The van der Waals surface area contributed by atoms with Gasteiger partial charge in [0.15, 0.2) is 0 Å². The number of rotatable bonds is 5. The third-order valence-electron chi connectivity index (χ3n) is 2.44. The number of amides is 2. The van der Waals surface area contributed by atoms with Crippen LogP contribution in [0.4, 0.5) is 4.79 Å². The van der Waals surface area contributed by atoms with Crippen LogP contribution in [-0.2, 0) is 4.74 Å². The van der Waals surface area contributed by atoms with Crippen molar-refractivity contribution in [3.63, 3.8) is 0 Å². The molecule has 1 aromatic rings. The average molecular weight is 294 g/mol. The van der Waals surface area contributed by atoms with E-state index in [1.165, 1.54) is 12.1 Å². The summed E-state index contributed by atoms with van der Waals surface area (Å²) < 4.78 is 5.08. The highest BCUT2D eigenvalue weighted by Crippen LogP contribution is 2.09. The van der Waals surface area contributed by atoms with Crippen LogP contribution in [0.2, 0.25) is 0 Å². The summed E-state index contributed by atoms with van der Waals surface area (Å²) in [5.41, 5.74) is -0.0372. The van der Waals surface area contributed by atoms with Crippen molar-refractivity contribution in [2.45, 2.75) is 32.8 Å². The van der Waals surface area contributed by atoms with Crippen molar-refractivity contribution < 1.29 is 19.4 Å². The van der Waals surface area contributed by atoms with Crippen LogP contribution in [-0.4, -0.2) is 35.8 Å². The van der Waals surface area contributed by atoms with Crippen molar-refractivity contribution in [1.29, 1.82) is 0 Å². The first-order chi connectivity index (χ1) is 9.78. The van der Waals surface area contributed by atoms with Gasteiger partial charge in [-0.1, -0.05) is 0 Å². The topological polar surface area (TPSA) is 87.7 Å². The third-order valence-corrected chi connectivity index (χ3v) is 2.44. The van der Waals surface area contributed by atoms with Crippen LogP contribution < -0.4 is 10.6 Å². The SMILES string of the molecule is CC(C)(C)OC(=O)NCCCNC(=O)c1ccc(O)cc1. The van der Waals surface area contributed by atoms with Gasteiger partial charge in [-0.2, -0.15) is 0 Å². The van der Waals surface area contributed by atoms with Crippen LogP contribution >= 0.6 is 0 Å². The van der Waals surface area contributed by atoms with Crippen LogP contribution in [0.1, 0.15) is 37.6 Å². The Hall–Kier alpha value is -2.24. The normalized spacial score (nSPS) is 10.8. The lowest BCUT2D eigenvalue weighted by molar-refractivity contribution is 0.0527. The molecule has 0 heterocycles. The van der Waals surface area contributed by atoms with Crippen molar-refractivity contribution in [2.75, 3.05) is 13.1 Å². The van der Waals surface area contributed by atoms with Crippen LogP contribution in [0.15, 0.2) is 24.3 Å². The minimum absolute atomic E-state index is 0.119. The Balaban J connectivity index is 2.18. The first-order valence-electron chi connectivity index (χ1n) is 6.82. The Morgan fingerprint density at radius 3 is 2.24 bits per heavy atom. The molecule has 6 nitrogen and oxygen atoms in total. The molecule has 0 spiro atoms. The van der Waals surface area contributed by atoms with E-state index in [0.29, 0.717) is 25.1 Å². The summed E-state index contributed by atoms with van der Waals surface area (Å²) in [5, 5.41) is 14.5. The standard InChI is InChI=1S/C15H22N2O4/c1-15(2,3)21-14(20)17-10-4-9-16-13(19)11-5-7-12(18)8-6-11/h5-8,18H,4,9-10H2,1-3H3,(H,16,19)(H,17,20). The van der Waals surface area contributed by atoms with Gasteiger partial charge in [-0.25, -0.2) is 4.79 Å². The minimum atomic E-state index is -0.517. The van der Waals surface area contributed by atoms with E-state index in [-0.39, 0.29) is 11.7 Å². The monoisotopic (exact) mass is 294 g/mol. The summed E-state index contributed by atoms with van der Waals surface area (Å²) in [6.07, 6.45) is 0.135. The first-order valence-corrected chi connectivity index (χ1v) is 6.82. The molecule has 0 unspecified atom stereocenters. The molecule has 0 aliphatic rings. The number of benzene rings is 1. The van der Waals surface area contributed by atoms with Gasteiger partial charge in [-0.15, -0.1) is 0 Å². The fourth-order valence-corrected chi connectivity index (χ4v) is 1.51. The van der Waals surface area contributed by atoms with Gasteiger partial charge in [0.25, 0.3) is 5.91 Å². The number of phenolic OH excluding ortho intramolecular Hbond substituents is 1. The van der Waals surface area contributed by atoms with E-state index in [4.69, 9.17) is 9.84 Å². The Morgan fingerprint density at radius 1 is 1.10 bits per heavy atom. The fourth-order valence-electron chi connectivity index (χ4n) is 1.51. The molecule has 0 saturated carbocycles. The minimum Gasteiger partial charge on any atom is -0.508 e. The number of aromatic hydroxyl groups is 1. The molecule has 0 aliphatic carbocycles. The Kier molecular flexibility index (Phi) is 6.02. The largest absolute Gasteiger partial charge is 0.508 e. The summed E-state index contributed by atoms with van der Waals surface area (Å²) in [6, 6.07) is 6.01. The van der Waals surface area contributed by atoms with Gasteiger partial charge in [0, 0.05) is 18.7 Å². The van der Waals surface area contributed by atoms with Gasteiger partial charge in [0.1, 0.15) is 11.4 Å². The molecule has 0 aromatic heterocycles. The zero-order chi connectivity index (χ0) is 15.9. The first kappa shape index (κ1) is 16.8. The molecule has 0 radical (unpaired) electrons. The average Bonchev–Trinajstić information content (AvgIpc) is 2.36. The lowest BCUT2D eigenvalue weighted by Crippen LogP contribution is -2.34. The molecule has 0 atom stereocenters. The lowest BCUT2D eigenvalue weighted by atomic mass is 10.2. The molecule has 0 bridgehead atoms. The Bertz CT molecular complexity index is 477. The maximum absolute atomic E-state index is 11.7. The fraction of sp³-hybridized carbons (Fsp3) is 0.467. The number of hydrogen-bond acceptors (Lipinski definition) is 4. The molecule has 1 aromatic carbocycles. The van der Waals surface area contributed by atoms with Crippen molar-refractivity contribution >= 4 is 12.0 Å². The highest BCUT2D eigenvalue weighted by Gasteiger charge is 2.15. The number of hydrogen-bond donors (Lipinski definition) is 3. The van der Waals surface area contributed by atoms with Crippen molar-refractivity contribution in [1.82, 2.24) is 10.6 Å². The molecule has 0 aliphatic heterocycles. The summed E-state index contributed by atoms with van der Waals surface area (Å²) in [7, 11) is 0. The second kappa shape index (κ2) is 7.52. The van der Waals surface area contributed by atoms with E-state index in [9.17, 15) is 9.59 Å². The van der Waals surface area contributed by atoms with E-state index in [1.807, 2.05) is 0 Å². The predicted octanol–water partition coefficient (Wildman–Crippen LogP) is 2.04. The van der Waals surface area contributed by atoms with Gasteiger partial charge in [-0.05, 0) is 51.5 Å². The third kappa shape index (κ3) is 7.20. The van der Waals surface area contributed by atoms with Gasteiger partial charge in [0.2, 0.25) is 0 Å². The van der Waals surface area contributed by atoms with E-state index < -0.39 is 11.7 Å². The zero-order valence-electron chi connectivity index (χ0n) is 12.6. The summed E-state index contributed by atoms with van der Waals surface area (Å²) >= 11 is 0. The van der Waals surface area contributed by atoms with Crippen molar-refractivity contribution in [3.05, 3.63) is 29.8 Å². The number of phenols is 1. The van der Waals surface area contributed by atoms with E-state index >= 15 is 0 Å². The molecule has 0 saturated heterocycles. The lowest BCUT2D eigenvalue weighted by Gasteiger charge is -2.19. The smallest absolute Gasteiger partial charge is 0.407 e. The van der Waals surface area contributed by atoms with Gasteiger partial charge >= 0.3 is 6.09 Å². The number of carbonyl (C=O) groups is 2. The van der Waals surface area contributed by atoms with Gasteiger partial charge in [-0.3, -0.25) is 4.79 Å². The van der Waals surface area contributed by atoms with Crippen LogP contribution in [0.3, 0.4) is 0 Å². The quantitative estimate of drug-likeness (QED) is 0.725. The van der Waals surface area contributed by atoms with Crippen molar-refractivity contribution in [2.24, 2.45) is 0 Å². The molecular weight excluding hydrogens is 272 g/mol. The second-order valence-corrected chi connectivity index (χ2v) is 5.58. The van der Waals surface area contributed by atoms with E-state index in [2.05, 4.69) is 10.6 Å². The van der Waals surface area contributed by atoms with Crippen LogP contribution in [0.5, 0.6) is 5.75 Å². The zero-order valence-corrected chi connectivity index (χ0v) is 12.6. The molecule has 116 valence electrons. The van der Waals surface area contributed by atoms with Gasteiger partial charge < -0.3 is 20.5 Å². The van der Waals surface area contributed by atoms with Crippen LogP contribution in [0, 0.1) is 0 Å². The maximum Gasteiger partial charge on any atom is 0.407 e. The summed E-state index contributed by atoms with van der Waals surface area (Å²) in [6.45, 7) is 6.25. The molecule has 3 N–H and O–H groups in total. The second-order valence-electron chi connectivity index (χ2n) is 5.58. The maximum atomic E-state index is 11.7. The molecule has 0 fully saturated rings. The van der Waals surface area contributed by atoms with Gasteiger partial charge in [0.05, 0.1) is 0 Å². The molecular formula is C15H22N2O4. The molecule has 21 heavy (non-hydrogen) atoms. The molecule has 2 amide bonds. The van der Waals surface area contributed by atoms with E-state index in [1.54, 1.807) is 32.9 Å².